The van der Waals surface area contributed by atoms with E-state index in [2.05, 4.69) is 15.3 Å². The average Bonchev–Trinajstić information content (AvgIpc) is 2.78. The third-order valence-corrected chi connectivity index (χ3v) is 4.94. The first-order valence-electron chi connectivity index (χ1n) is 9.26. The van der Waals surface area contributed by atoms with E-state index in [4.69, 9.17) is 5.21 Å². The summed E-state index contributed by atoms with van der Waals surface area (Å²) in [6.07, 6.45) is 2.13. The highest BCUT2D eigenvalue weighted by atomic mass is 19.1. The van der Waals surface area contributed by atoms with Gasteiger partial charge in [0.05, 0.1) is 5.56 Å². The van der Waals surface area contributed by atoms with E-state index in [1.165, 1.54) is 11.5 Å². The number of amides is 1. The minimum Gasteiger partial charge on any atom is -0.352 e. The summed E-state index contributed by atoms with van der Waals surface area (Å²) >= 11 is 0. The van der Waals surface area contributed by atoms with E-state index in [-0.39, 0.29) is 5.56 Å². The molecular weight excluding hydrogens is 373 g/mol. The number of anilines is 2. The van der Waals surface area contributed by atoms with Crippen LogP contribution in [-0.2, 0) is 19.5 Å². The summed E-state index contributed by atoms with van der Waals surface area (Å²) in [5.41, 5.74) is 3.74. The minimum atomic E-state index is -0.849. The van der Waals surface area contributed by atoms with Crippen molar-refractivity contribution in [1.82, 2.24) is 15.4 Å². The molecule has 0 saturated heterocycles. The fourth-order valence-corrected chi connectivity index (χ4v) is 3.43. The first-order valence-corrected chi connectivity index (χ1v) is 9.26. The molecule has 0 aliphatic carbocycles. The van der Waals surface area contributed by atoms with Gasteiger partial charge in [0, 0.05) is 25.8 Å². The highest BCUT2D eigenvalue weighted by Crippen LogP contribution is 2.27. The molecule has 8 heteroatoms. The van der Waals surface area contributed by atoms with Crippen molar-refractivity contribution in [2.75, 3.05) is 16.8 Å². The molecule has 3 aromatic rings. The van der Waals surface area contributed by atoms with Crippen LogP contribution in [0.15, 0.2) is 54.7 Å². The molecule has 1 aliphatic rings. The van der Waals surface area contributed by atoms with Gasteiger partial charge in [0.15, 0.2) is 0 Å². The molecule has 148 valence electrons. The number of hydrogen-bond donors (Lipinski definition) is 3. The number of rotatable bonds is 5. The van der Waals surface area contributed by atoms with Crippen molar-refractivity contribution in [2.45, 2.75) is 19.5 Å². The van der Waals surface area contributed by atoms with Crippen LogP contribution >= 0.6 is 0 Å². The summed E-state index contributed by atoms with van der Waals surface area (Å²) in [4.78, 5) is 22.5. The number of hydroxylamine groups is 1. The Bertz CT molecular complexity index is 1030. The van der Waals surface area contributed by atoms with Crippen LogP contribution < -0.4 is 15.7 Å². The molecule has 0 atom stereocenters. The number of nitrogens with zero attached hydrogens (tertiary/aromatic N) is 3. The van der Waals surface area contributed by atoms with Crippen molar-refractivity contribution in [2.24, 2.45) is 0 Å². The SMILES string of the molecule is O=C(NO)c1ccc2c(c1F)CCN(c1ccnc(NCc3ccccc3)n1)C2. The van der Waals surface area contributed by atoms with E-state index >= 15 is 0 Å². The van der Waals surface area contributed by atoms with Crippen LogP contribution in [0.2, 0.25) is 0 Å². The molecule has 0 radical (unpaired) electrons. The highest BCUT2D eigenvalue weighted by Gasteiger charge is 2.24. The lowest BCUT2D eigenvalue weighted by atomic mass is 9.96. The van der Waals surface area contributed by atoms with E-state index in [1.54, 1.807) is 12.3 Å². The quantitative estimate of drug-likeness (QED) is 0.456. The molecule has 2 aromatic carbocycles. The Morgan fingerprint density at radius 2 is 2.00 bits per heavy atom. The number of hydrogen-bond acceptors (Lipinski definition) is 6. The van der Waals surface area contributed by atoms with Crippen LogP contribution in [0.1, 0.15) is 27.0 Å². The van der Waals surface area contributed by atoms with Gasteiger partial charge in [-0.25, -0.2) is 14.9 Å². The Balaban J connectivity index is 1.49. The molecule has 0 bridgehead atoms. The lowest BCUT2D eigenvalue weighted by Gasteiger charge is -2.30. The van der Waals surface area contributed by atoms with Gasteiger partial charge < -0.3 is 10.2 Å². The van der Waals surface area contributed by atoms with Gasteiger partial charge in [0.25, 0.3) is 5.91 Å². The van der Waals surface area contributed by atoms with Crippen molar-refractivity contribution >= 4 is 17.7 Å². The fraction of sp³-hybridized carbons (Fsp3) is 0.190. The zero-order chi connectivity index (χ0) is 20.2. The van der Waals surface area contributed by atoms with E-state index in [0.29, 0.717) is 37.6 Å². The lowest BCUT2D eigenvalue weighted by Crippen LogP contribution is -2.32. The summed E-state index contributed by atoms with van der Waals surface area (Å²) in [6, 6.07) is 14.9. The van der Waals surface area contributed by atoms with Crippen LogP contribution in [0.3, 0.4) is 0 Å². The van der Waals surface area contributed by atoms with E-state index in [9.17, 15) is 9.18 Å². The molecule has 29 heavy (non-hydrogen) atoms. The van der Waals surface area contributed by atoms with Gasteiger partial charge in [-0.2, -0.15) is 4.98 Å². The van der Waals surface area contributed by atoms with E-state index in [1.807, 2.05) is 41.3 Å². The Labute approximate surface area is 167 Å². The maximum Gasteiger partial charge on any atom is 0.277 e. The molecule has 1 aromatic heterocycles. The molecule has 0 fully saturated rings. The number of aromatic nitrogens is 2. The van der Waals surface area contributed by atoms with E-state index < -0.39 is 11.7 Å². The summed E-state index contributed by atoms with van der Waals surface area (Å²) < 4.78 is 14.6. The van der Waals surface area contributed by atoms with Gasteiger partial charge in [-0.3, -0.25) is 10.0 Å². The molecule has 3 N–H and O–H groups in total. The van der Waals surface area contributed by atoms with Crippen molar-refractivity contribution in [3.8, 4) is 0 Å². The lowest BCUT2D eigenvalue weighted by molar-refractivity contribution is 0.0701. The summed E-state index contributed by atoms with van der Waals surface area (Å²) in [5.74, 6) is -0.156. The largest absolute Gasteiger partial charge is 0.352 e. The Kier molecular flexibility index (Phi) is 5.35. The number of carbonyl (C=O) groups is 1. The van der Waals surface area contributed by atoms with Gasteiger partial charge in [-0.1, -0.05) is 36.4 Å². The van der Waals surface area contributed by atoms with Crippen molar-refractivity contribution in [3.63, 3.8) is 0 Å². The maximum absolute atomic E-state index is 14.6. The molecule has 7 nitrogen and oxygen atoms in total. The second-order valence-electron chi connectivity index (χ2n) is 6.75. The van der Waals surface area contributed by atoms with Crippen molar-refractivity contribution < 1.29 is 14.4 Å². The Morgan fingerprint density at radius 3 is 2.79 bits per heavy atom. The second-order valence-corrected chi connectivity index (χ2v) is 6.75. The van der Waals surface area contributed by atoms with Gasteiger partial charge in [0.2, 0.25) is 5.95 Å². The predicted molar refractivity (Wildman–Crippen MR) is 106 cm³/mol. The molecule has 0 saturated carbocycles. The Morgan fingerprint density at radius 1 is 1.17 bits per heavy atom. The first-order chi connectivity index (χ1) is 14.2. The second kappa shape index (κ2) is 8.24. The third kappa shape index (κ3) is 4.02. The summed E-state index contributed by atoms with van der Waals surface area (Å²) in [5, 5.41) is 12.0. The smallest absolute Gasteiger partial charge is 0.277 e. The first kappa shape index (κ1) is 18.8. The number of nitrogens with one attached hydrogen (secondary N) is 2. The Hall–Kier alpha value is -3.52. The number of carbonyl (C=O) groups excluding carboxylic acids is 1. The molecule has 2 heterocycles. The molecule has 0 spiro atoms. The zero-order valence-corrected chi connectivity index (χ0v) is 15.6. The number of benzene rings is 2. The maximum atomic E-state index is 14.6. The molecule has 1 aliphatic heterocycles. The predicted octanol–water partition coefficient (Wildman–Crippen LogP) is 2.91. The monoisotopic (exact) mass is 393 g/mol. The van der Waals surface area contributed by atoms with Gasteiger partial charge in [-0.05, 0) is 35.2 Å². The molecule has 1 amide bonds. The molecule has 4 rings (SSSR count). The van der Waals surface area contributed by atoms with Crippen LogP contribution in [0.4, 0.5) is 16.2 Å². The topological polar surface area (TPSA) is 90.4 Å². The van der Waals surface area contributed by atoms with Crippen LogP contribution in [0.5, 0.6) is 0 Å². The van der Waals surface area contributed by atoms with Crippen molar-refractivity contribution in [3.05, 3.63) is 82.8 Å². The highest BCUT2D eigenvalue weighted by molar-refractivity contribution is 5.94. The standard InChI is InChI=1S/C21H20FN5O2/c22-19-16-9-11-27(13-15(16)6-7-17(19)20(28)26-29)18-8-10-23-21(25-18)24-12-14-4-2-1-3-5-14/h1-8,10,29H,9,11-13H2,(H,26,28)(H,23,24,25). The number of halogens is 1. The van der Waals surface area contributed by atoms with Crippen LogP contribution in [0.25, 0.3) is 0 Å². The van der Waals surface area contributed by atoms with Gasteiger partial charge in [-0.15, -0.1) is 0 Å². The average molecular weight is 393 g/mol. The van der Waals surface area contributed by atoms with Gasteiger partial charge >= 0.3 is 0 Å². The normalized spacial score (nSPS) is 13.0. The third-order valence-electron chi connectivity index (χ3n) is 4.94. The molecule has 0 unspecified atom stereocenters. The van der Waals surface area contributed by atoms with Crippen LogP contribution in [-0.4, -0.2) is 27.6 Å². The number of fused-ring (bicyclic) bond motifs is 1. The van der Waals surface area contributed by atoms with E-state index in [0.717, 1.165) is 16.9 Å². The van der Waals surface area contributed by atoms with Crippen LogP contribution in [0, 0.1) is 5.82 Å². The van der Waals surface area contributed by atoms with Gasteiger partial charge in [0.1, 0.15) is 11.6 Å². The minimum absolute atomic E-state index is 0.158. The van der Waals surface area contributed by atoms with Crippen molar-refractivity contribution in [1.29, 1.82) is 0 Å². The molecular formula is C21H20FN5O2. The summed E-state index contributed by atoms with van der Waals surface area (Å²) in [6.45, 7) is 1.65. The summed E-state index contributed by atoms with van der Waals surface area (Å²) in [7, 11) is 0. The fourth-order valence-electron chi connectivity index (χ4n) is 3.43. The zero-order valence-electron chi connectivity index (χ0n) is 15.6.